The summed E-state index contributed by atoms with van der Waals surface area (Å²) in [5.74, 6) is 0.403. The number of hydrogen-bond acceptors (Lipinski definition) is 4. The zero-order valence-corrected chi connectivity index (χ0v) is 16.6. The van der Waals surface area contributed by atoms with Crippen LogP contribution in [0.2, 0.25) is 5.02 Å². The molecule has 2 aromatic carbocycles. The van der Waals surface area contributed by atoms with Gasteiger partial charge in [0.15, 0.2) is 0 Å². The lowest BCUT2D eigenvalue weighted by molar-refractivity contribution is 0.102. The zero-order chi connectivity index (χ0) is 19.1. The van der Waals surface area contributed by atoms with Crippen LogP contribution in [0.5, 0.6) is 0 Å². The van der Waals surface area contributed by atoms with Gasteiger partial charge >= 0.3 is 0 Å². The summed E-state index contributed by atoms with van der Waals surface area (Å²) in [5, 5.41) is 8.71. The fourth-order valence-corrected chi connectivity index (χ4v) is 4.21. The Hall–Kier alpha value is -2.70. The van der Waals surface area contributed by atoms with Crippen molar-refractivity contribution in [3.8, 4) is 5.13 Å². The van der Waals surface area contributed by atoms with Gasteiger partial charge in [-0.2, -0.15) is 9.78 Å². The molecule has 0 aliphatic heterocycles. The summed E-state index contributed by atoms with van der Waals surface area (Å²) in [6.45, 7) is 5.81. The van der Waals surface area contributed by atoms with Crippen LogP contribution in [-0.4, -0.2) is 20.7 Å². The van der Waals surface area contributed by atoms with Crippen molar-refractivity contribution in [2.45, 2.75) is 20.8 Å². The quantitative estimate of drug-likeness (QED) is 0.510. The summed E-state index contributed by atoms with van der Waals surface area (Å²) < 4.78 is 2.62. The zero-order valence-electron chi connectivity index (χ0n) is 15.1. The van der Waals surface area contributed by atoms with Crippen LogP contribution in [0.4, 0.5) is 5.82 Å². The Balaban J connectivity index is 1.72. The molecule has 0 fully saturated rings. The largest absolute Gasteiger partial charge is 0.306 e. The van der Waals surface area contributed by atoms with Crippen molar-refractivity contribution in [2.75, 3.05) is 5.32 Å². The summed E-state index contributed by atoms with van der Waals surface area (Å²) >= 11 is 7.72. The SMILES string of the molecule is Cc1ccc(C(=O)Nc2cc(C)nn2-c2nc3c(Cl)cccc3s2)c(C)c1. The second-order valence-electron chi connectivity index (χ2n) is 6.44. The van der Waals surface area contributed by atoms with E-state index in [-0.39, 0.29) is 5.91 Å². The predicted octanol–water partition coefficient (Wildman–Crippen LogP) is 5.31. The number of anilines is 1. The number of nitrogens with one attached hydrogen (secondary N) is 1. The number of amides is 1. The number of halogens is 1. The molecule has 27 heavy (non-hydrogen) atoms. The molecule has 0 saturated heterocycles. The molecule has 1 amide bonds. The lowest BCUT2D eigenvalue weighted by Gasteiger charge is -2.09. The van der Waals surface area contributed by atoms with Crippen LogP contribution in [0.15, 0.2) is 42.5 Å². The van der Waals surface area contributed by atoms with E-state index in [4.69, 9.17) is 11.6 Å². The predicted molar refractivity (Wildman–Crippen MR) is 110 cm³/mol. The topological polar surface area (TPSA) is 59.8 Å². The van der Waals surface area contributed by atoms with E-state index in [9.17, 15) is 4.79 Å². The van der Waals surface area contributed by atoms with Crippen LogP contribution in [0, 0.1) is 20.8 Å². The molecule has 0 radical (unpaired) electrons. The van der Waals surface area contributed by atoms with Crippen molar-refractivity contribution >= 4 is 44.9 Å². The third-order valence-electron chi connectivity index (χ3n) is 4.24. The molecule has 0 spiro atoms. The van der Waals surface area contributed by atoms with Gasteiger partial charge in [0.25, 0.3) is 5.91 Å². The van der Waals surface area contributed by atoms with E-state index in [1.807, 2.05) is 63.2 Å². The normalized spacial score (nSPS) is 11.1. The standard InChI is InChI=1S/C20H17ClN4OS/c1-11-7-8-14(12(2)9-11)19(26)22-17-10-13(3)24-25(17)20-23-18-15(21)5-4-6-16(18)27-20/h4-10H,1-3H3,(H,22,26). The lowest BCUT2D eigenvalue weighted by Crippen LogP contribution is -2.16. The number of aromatic nitrogens is 3. The Morgan fingerprint density at radius 3 is 2.70 bits per heavy atom. The number of fused-ring (bicyclic) bond motifs is 1. The molecule has 1 N–H and O–H groups in total. The third kappa shape index (κ3) is 3.34. The minimum absolute atomic E-state index is 0.173. The molecular weight excluding hydrogens is 380 g/mol. The molecule has 0 bridgehead atoms. The number of benzene rings is 2. The van der Waals surface area contributed by atoms with Gasteiger partial charge in [-0.1, -0.05) is 46.7 Å². The molecule has 4 rings (SSSR count). The first-order valence-electron chi connectivity index (χ1n) is 8.43. The number of aryl methyl sites for hydroxylation is 3. The number of hydrogen-bond donors (Lipinski definition) is 1. The molecule has 0 aliphatic rings. The fourth-order valence-electron chi connectivity index (χ4n) is 2.98. The maximum atomic E-state index is 12.8. The summed E-state index contributed by atoms with van der Waals surface area (Å²) in [6, 6.07) is 13.3. The van der Waals surface area contributed by atoms with Crippen molar-refractivity contribution in [3.63, 3.8) is 0 Å². The van der Waals surface area contributed by atoms with Crippen LogP contribution in [-0.2, 0) is 0 Å². The second kappa shape index (κ2) is 6.79. The second-order valence-corrected chi connectivity index (χ2v) is 7.85. The van der Waals surface area contributed by atoms with Gasteiger partial charge in [0, 0.05) is 11.6 Å². The number of para-hydroxylation sites is 1. The first kappa shape index (κ1) is 17.7. The minimum atomic E-state index is -0.173. The van der Waals surface area contributed by atoms with Gasteiger partial charge < -0.3 is 5.32 Å². The maximum absolute atomic E-state index is 12.8. The number of rotatable bonds is 3. The highest BCUT2D eigenvalue weighted by molar-refractivity contribution is 7.20. The van der Waals surface area contributed by atoms with Gasteiger partial charge in [0.1, 0.15) is 11.3 Å². The van der Waals surface area contributed by atoms with E-state index in [1.165, 1.54) is 11.3 Å². The van der Waals surface area contributed by atoms with Crippen LogP contribution in [0.3, 0.4) is 0 Å². The number of thiazole rings is 1. The van der Waals surface area contributed by atoms with E-state index >= 15 is 0 Å². The molecule has 0 saturated carbocycles. The highest BCUT2D eigenvalue weighted by Gasteiger charge is 2.17. The van der Waals surface area contributed by atoms with E-state index in [1.54, 1.807) is 4.68 Å². The molecular formula is C20H17ClN4OS. The van der Waals surface area contributed by atoms with Crippen molar-refractivity contribution in [1.82, 2.24) is 14.8 Å². The van der Waals surface area contributed by atoms with Gasteiger partial charge in [0.05, 0.1) is 15.4 Å². The Morgan fingerprint density at radius 2 is 1.96 bits per heavy atom. The Bertz CT molecular complexity index is 1180. The van der Waals surface area contributed by atoms with Gasteiger partial charge in [0.2, 0.25) is 5.13 Å². The highest BCUT2D eigenvalue weighted by Crippen LogP contribution is 2.31. The number of carbonyl (C=O) groups is 1. The first-order chi connectivity index (χ1) is 12.9. The van der Waals surface area contributed by atoms with Crippen molar-refractivity contribution in [3.05, 3.63) is 69.9 Å². The molecule has 2 heterocycles. The molecule has 0 unspecified atom stereocenters. The van der Waals surface area contributed by atoms with Gasteiger partial charge in [-0.3, -0.25) is 4.79 Å². The number of nitrogens with zero attached hydrogens (tertiary/aromatic N) is 3. The van der Waals surface area contributed by atoms with Gasteiger partial charge in [-0.25, -0.2) is 4.98 Å². The van der Waals surface area contributed by atoms with Crippen molar-refractivity contribution in [2.24, 2.45) is 0 Å². The summed E-state index contributed by atoms with van der Waals surface area (Å²) in [4.78, 5) is 17.4. The molecule has 5 nitrogen and oxygen atoms in total. The fraction of sp³-hybridized carbons (Fsp3) is 0.150. The van der Waals surface area contributed by atoms with E-state index in [0.29, 0.717) is 21.5 Å². The number of carbonyl (C=O) groups excluding carboxylic acids is 1. The van der Waals surface area contributed by atoms with Crippen molar-refractivity contribution in [1.29, 1.82) is 0 Å². The minimum Gasteiger partial charge on any atom is -0.306 e. The highest BCUT2D eigenvalue weighted by atomic mass is 35.5. The smallest absolute Gasteiger partial charge is 0.257 e. The van der Waals surface area contributed by atoms with Crippen LogP contribution >= 0.6 is 22.9 Å². The van der Waals surface area contributed by atoms with Gasteiger partial charge in [-0.05, 0) is 44.5 Å². The first-order valence-corrected chi connectivity index (χ1v) is 9.62. The van der Waals surface area contributed by atoms with Crippen LogP contribution in [0.1, 0.15) is 27.2 Å². The van der Waals surface area contributed by atoms with Crippen LogP contribution < -0.4 is 5.32 Å². The summed E-state index contributed by atoms with van der Waals surface area (Å²) in [7, 11) is 0. The molecule has 0 aliphatic carbocycles. The average Bonchev–Trinajstić information content (AvgIpc) is 3.19. The van der Waals surface area contributed by atoms with E-state index in [0.717, 1.165) is 27.0 Å². The van der Waals surface area contributed by atoms with E-state index in [2.05, 4.69) is 15.4 Å². The van der Waals surface area contributed by atoms with Crippen LogP contribution in [0.25, 0.3) is 15.3 Å². The third-order valence-corrected chi connectivity index (χ3v) is 5.54. The van der Waals surface area contributed by atoms with Gasteiger partial charge in [-0.15, -0.1) is 0 Å². The monoisotopic (exact) mass is 396 g/mol. The van der Waals surface area contributed by atoms with E-state index < -0.39 is 0 Å². The summed E-state index contributed by atoms with van der Waals surface area (Å²) in [5.41, 5.74) is 4.21. The lowest BCUT2D eigenvalue weighted by atomic mass is 10.1. The molecule has 0 atom stereocenters. The average molecular weight is 397 g/mol. The molecule has 4 aromatic rings. The molecule has 2 aromatic heterocycles. The molecule has 136 valence electrons. The molecule has 7 heteroatoms. The Kier molecular flexibility index (Phi) is 4.45. The van der Waals surface area contributed by atoms with Crippen molar-refractivity contribution < 1.29 is 4.79 Å². The Labute approximate surface area is 165 Å². The summed E-state index contributed by atoms with van der Waals surface area (Å²) in [6.07, 6.45) is 0. The maximum Gasteiger partial charge on any atom is 0.257 e. The Morgan fingerprint density at radius 1 is 1.15 bits per heavy atom.